The first kappa shape index (κ1) is 13.1. The van der Waals surface area contributed by atoms with Crippen LogP contribution in [0, 0.1) is 0 Å². The van der Waals surface area contributed by atoms with E-state index in [-0.39, 0.29) is 5.41 Å². The largest absolute Gasteiger partial charge is 0.383 e. The molecule has 1 aromatic heterocycles. The minimum atomic E-state index is -0.645. The monoisotopic (exact) mass is 262 g/mol. The SMILES string of the molecule is CC(C)(C)c1ccc(C(O)c2cnc(N)s2)cc1. The lowest BCUT2D eigenvalue weighted by Gasteiger charge is -2.19. The third-order valence-corrected chi connectivity index (χ3v) is 3.78. The van der Waals surface area contributed by atoms with Gasteiger partial charge in [0.05, 0.1) is 4.88 Å². The van der Waals surface area contributed by atoms with Gasteiger partial charge < -0.3 is 10.8 Å². The quantitative estimate of drug-likeness (QED) is 0.874. The van der Waals surface area contributed by atoms with Crippen molar-refractivity contribution in [1.29, 1.82) is 0 Å². The number of rotatable bonds is 2. The average molecular weight is 262 g/mol. The fourth-order valence-electron chi connectivity index (χ4n) is 1.76. The summed E-state index contributed by atoms with van der Waals surface area (Å²) in [4.78, 5) is 4.73. The van der Waals surface area contributed by atoms with E-state index >= 15 is 0 Å². The molecule has 96 valence electrons. The number of aliphatic hydroxyl groups excluding tert-OH is 1. The summed E-state index contributed by atoms with van der Waals surface area (Å²) in [5, 5.41) is 10.7. The van der Waals surface area contributed by atoms with E-state index in [0.717, 1.165) is 10.4 Å². The molecule has 3 nitrogen and oxygen atoms in total. The van der Waals surface area contributed by atoms with Gasteiger partial charge in [0.2, 0.25) is 0 Å². The molecule has 4 heteroatoms. The number of hydrogen-bond acceptors (Lipinski definition) is 4. The van der Waals surface area contributed by atoms with E-state index < -0.39 is 6.10 Å². The van der Waals surface area contributed by atoms with Crippen molar-refractivity contribution in [3.05, 3.63) is 46.5 Å². The fraction of sp³-hybridized carbons (Fsp3) is 0.357. The van der Waals surface area contributed by atoms with Crippen LogP contribution in [-0.4, -0.2) is 10.1 Å². The molecular formula is C14H18N2OS. The maximum atomic E-state index is 10.2. The summed E-state index contributed by atoms with van der Waals surface area (Å²) in [5.41, 5.74) is 7.81. The lowest BCUT2D eigenvalue weighted by molar-refractivity contribution is 0.224. The molecule has 18 heavy (non-hydrogen) atoms. The highest BCUT2D eigenvalue weighted by Gasteiger charge is 2.16. The molecule has 0 aliphatic carbocycles. The van der Waals surface area contributed by atoms with E-state index in [1.165, 1.54) is 16.9 Å². The summed E-state index contributed by atoms with van der Waals surface area (Å²) >= 11 is 1.32. The second kappa shape index (κ2) is 4.71. The van der Waals surface area contributed by atoms with Gasteiger partial charge in [0.15, 0.2) is 5.13 Å². The molecule has 3 N–H and O–H groups in total. The number of nitrogens with zero attached hydrogens (tertiary/aromatic N) is 1. The number of aromatic nitrogens is 1. The first-order valence-electron chi connectivity index (χ1n) is 5.87. The van der Waals surface area contributed by atoms with Crippen molar-refractivity contribution in [3.8, 4) is 0 Å². The van der Waals surface area contributed by atoms with Gasteiger partial charge in [-0.25, -0.2) is 4.98 Å². The third-order valence-electron chi connectivity index (χ3n) is 2.90. The highest BCUT2D eigenvalue weighted by atomic mass is 32.1. The van der Waals surface area contributed by atoms with Crippen molar-refractivity contribution >= 4 is 16.5 Å². The second-order valence-corrected chi connectivity index (χ2v) is 6.47. The van der Waals surface area contributed by atoms with E-state index in [0.29, 0.717) is 5.13 Å². The molecular weight excluding hydrogens is 244 g/mol. The maximum Gasteiger partial charge on any atom is 0.180 e. The number of aliphatic hydroxyl groups is 1. The Hall–Kier alpha value is -1.39. The van der Waals surface area contributed by atoms with Gasteiger partial charge in [-0.3, -0.25) is 0 Å². The Morgan fingerprint density at radius 1 is 1.22 bits per heavy atom. The van der Waals surface area contributed by atoms with E-state index in [1.807, 2.05) is 12.1 Å². The number of nitrogens with two attached hydrogens (primary N) is 1. The van der Waals surface area contributed by atoms with Gasteiger partial charge in [-0.15, -0.1) is 0 Å². The van der Waals surface area contributed by atoms with Crippen LogP contribution in [-0.2, 0) is 5.41 Å². The van der Waals surface area contributed by atoms with E-state index in [2.05, 4.69) is 37.9 Å². The van der Waals surface area contributed by atoms with Crippen LogP contribution in [0.25, 0.3) is 0 Å². The Balaban J connectivity index is 2.24. The van der Waals surface area contributed by atoms with Gasteiger partial charge in [0, 0.05) is 6.20 Å². The fourth-order valence-corrected chi connectivity index (χ4v) is 2.46. The zero-order valence-electron chi connectivity index (χ0n) is 10.8. The smallest absolute Gasteiger partial charge is 0.180 e. The minimum absolute atomic E-state index is 0.123. The molecule has 1 atom stereocenters. The van der Waals surface area contributed by atoms with Crippen LogP contribution in [0.3, 0.4) is 0 Å². The Labute approximate surface area is 111 Å². The molecule has 2 aromatic rings. The van der Waals surface area contributed by atoms with Crippen LogP contribution in [0.5, 0.6) is 0 Å². The Morgan fingerprint density at radius 3 is 2.28 bits per heavy atom. The van der Waals surface area contributed by atoms with Crippen molar-refractivity contribution in [2.24, 2.45) is 0 Å². The number of thiazole rings is 1. The second-order valence-electron chi connectivity index (χ2n) is 5.38. The van der Waals surface area contributed by atoms with Gasteiger partial charge >= 0.3 is 0 Å². The molecule has 0 radical (unpaired) electrons. The molecule has 1 aromatic carbocycles. The van der Waals surface area contributed by atoms with Crippen LogP contribution in [0.4, 0.5) is 5.13 Å². The topological polar surface area (TPSA) is 59.1 Å². The zero-order chi connectivity index (χ0) is 13.3. The van der Waals surface area contributed by atoms with Gasteiger partial charge in [-0.1, -0.05) is 56.4 Å². The first-order valence-corrected chi connectivity index (χ1v) is 6.69. The lowest BCUT2D eigenvalue weighted by Crippen LogP contribution is -2.11. The minimum Gasteiger partial charge on any atom is -0.383 e. The van der Waals surface area contributed by atoms with Gasteiger partial charge in [-0.2, -0.15) is 0 Å². The highest BCUT2D eigenvalue weighted by molar-refractivity contribution is 7.15. The molecule has 0 aliphatic heterocycles. The average Bonchev–Trinajstić information content (AvgIpc) is 2.74. The summed E-state index contributed by atoms with van der Waals surface area (Å²) < 4.78 is 0. The standard InChI is InChI=1S/C14H18N2OS/c1-14(2,3)10-6-4-9(5-7-10)12(17)11-8-16-13(15)18-11/h4-8,12,17H,1-3H3,(H2,15,16). The van der Waals surface area contributed by atoms with Crippen LogP contribution in [0.2, 0.25) is 0 Å². The Bertz CT molecular complexity index is 525. The third kappa shape index (κ3) is 2.71. The molecule has 1 heterocycles. The van der Waals surface area contributed by atoms with Crippen molar-refractivity contribution < 1.29 is 5.11 Å². The van der Waals surface area contributed by atoms with Gasteiger partial charge in [0.25, 0.3) is 0 Å². The number of hydrogen-bond donors (Lipinski definition) is 2. The normalized spacial score (nSPS) is 13.6. The zero-order valence-corrected chi connectivity index (χ0v) is 11.7. The molecule has 0 aliphatic rings. The summed E-state index contributed by atoms with van der Waals surface area (Å²) in [6.45, 7) is 6.51. The summed E-state index contributed by atoms with van der Waals surface area (Å²) in [7, 11) is 0. The van der Waals surface area contributed by atoms with E-state index in [4.69, 9.17) is 5.73 Å². The van der Waals surface area contributed by atoms with Gasteiger partial charge in [-0.05, 0) is 16.5 Å². The van der Waals surface area contributed by atoms with E-state index in [1.54, 1.807) is 6.20 Å². The molecule has 0 amide bonds. The molecule has 0 saturated carbocycles. The van der Waals surface area contributed by atoms with Crippen LogP contribution in [0.15, 0.2) is 30.5 Å². The van der Waals surface area contributed by atoms with E-state index in [9.17, 15) is 5.11 Å². The Kier molecular flexibility index (Phi) is 3.41. The molecule has 0 spiro atoms. The first-order chi connectivity index (χ1) is 8.38. The Morgan fingerprint density at radius 2 is 1.83 bits per heavy atom. The lowest BCUT2D eigenvalue weighted by atomic mass is 9.86. The van der Waals surface area contributed by atoms with Crippen molar-refractivity contribution in [3.63, 3.8) is 0 Å². The molecule has 1 unspecified atom stereocenters. The summed E-state index contributed by atoms with van der Waals surface area (Å²) in [6.07, 6.45) is 0.983. The molecule has 0 fully saturated rings. The molecule has 2 rings (SSSR count). The predicted molar refractivity (Wildman–Crippen MR) is 75.7 cm³/mol. The van der Waals surface area contributed by atoms with Crippen molar-refractivity contribution in [2.45, 2.75) is 32.3 Å². The van der Waals surface area contributed by atoms with Crippen LogP contribution >= 0.6 is 11.3 Å². The van der Waals surface area contributed by atoms with Crippen LogP contribution in [0.1, 0.15) is 42.9 Å². The highest BCUT2D eigenvalue weighted by Crippen LogP contribution is 2.29. The number of benzene rings is 1. The number of nitrogen functional groups attached to an aromatic ring is 1. The number of anilines is 1. The molecule has 0 bridgehead atoms. The van der Waals surface area contributed by atoms with Crippen molar-refractivity contribution in [2.75, 3.05) is 5.73 Å². The van der Waals surface area contributed by atoms with Crippen molar-refractivity contribution in [1.82, 2.24) is 4.98 Å². The van der Waals surface area contributed by atoms with Gasteiger partial charge in [0.1, 0.15) is 6.10 Å². The maximum absolute atomic E-state index is 10.2. The molecule has 0 saturated heterocycles. The summed E-state index contributed by atoms with van der Waals surface area (Å²) in [5.74, 6) is 0. The summed E-state index contributed by atoms with van der Waals surface area (Å²) in [6, 6.07) is 8.04. The predicted octanol–water partition coefficient (Wildman–Crippen LogP) is 3.10. The van der Waals surface area contributed by atoms with Crippen LogP contribution < -0.4 is 5.73 Å².